The Morgan fingerprint density at radius 1 is 1.32 bits per heavy atom. The van der Waals surface area contributed by atoms with Gasteiger partial charge in [-0.1, -0.05) is 5.16 Å². The number of carbonyl (C=O) groups excluding carboxylic acids is 1. The number of nitrogens with zero attached hydrogens (tertiary/aromatic N) is 6. The van der Waals surface area contributed by atoms with Crippen molar-refractivity contribution in [1.82, 2.24) is 29.7 Å². The maximum atomic E-state index is 12.2. The fourth-order valence-corrected chi connectivity index (χ4v) is 3.06. The fourth-order valence-electron chi connectivity index (χ4n) is 3.06. The first-order chi connectivity index (χ1) is 11.9. The number of nitrogens with one attached hydrogen (secondary N) is 1. The van der Waals surface area contributed by atoms with Crippen LogP contribution in [0.5, 0.6) is 0 Å². The largest absolute Gasteiger partial charge is 0.338 e. The topological polar surface area (TPSA) is 92.3 Å². The van der Waals surface area contributed by atoms with Crippen LogP contribution >= 0.6 is 0 Å². The van der Waals surface area contributed by atoms with Gasteiger partial charge in [-0.2, -0.15) is 10.1 Å². The third-order valence-electron chi connectivity index (χ3n) is 4.49. The second-order valence-corrected chi connectivity index (χ2v) is 6.51. The van der Waals surface area contributed by atoms with Crippen LogP contribution < -0.4 is 5.32 Å². The first-order valence-corrected chi connectivity index (χ1v) is 8.49. The van der Waals surface area contributed by atoms with Gasteiger partial charge < -0.3 is 9.84 Å². The molecular formula is C16H25N7O2. The highest BCUT2D eigenvalue weighted by molar-refractivity contribution is 5.91. The molecule has 3 rings (SSSR count). The highest BCUT2D eigenvalue weighted by Crippen LogP contribution is 2.20. The molecule has 1 N–H and O–H groups in total. The molecule has 1 aliphatic rings. The summed E-state index contributed by atoms with van der Waals surface area (Å²) in [4.78, 5) is 21.0. The molecule has 1 amide bonds. The van der Waals surface area contributed by atoms with Crippen molar-refractivity contribution in [1.29, 1.82) is 0 Å². The van der Waals surface area contributed by atoms with Gasteiger partial charge in [0, 0.05) is 39.3 Å². The Balaban J connectivity index is 1.47. The van der Waals surface area contributed by atoms with Gasteiger partial charge in [-0.05, 0) is 20.8 Å². The van der Waals surface area contributed by atoms with Crippen molar-refractivity contribution in [3.05, 3.63) is 23.5 Å². The van der Waals surface area contributed by atoms with Crippen LogP contribution in [0, 0.1) is 13.8 Å². The number of carbonyl (C=O) groups is 1. The first-order valence-electron chi connectivity index (χ1n) is 8.49. The number of piperazine rings is 1. The van der Waals surface area contributed by atoms with Crippen molar-refractivity contribution in [2.75, 3.05) is 38.0 Å². The molecule has 1 fully saturated rings. The van der Waals surface area contributed by atoms with E-state index in [4.69, 9.17) is 4.52 Å². The summed E-state index contributed by atoms with van der Waals surface area (Å²) in [5.74, 6) is 2.01. The molecule has 1 aliphatic heterocycles. The molecule has 0 saturated carbocycles. The minimum Gasteiger partial charge on any atom is -0.338 e. The summed E-state index contributed by atoms with van der Waals surface area (Å²) in [6.45, 7) is 9.55. The van der Waals surface area contributed by atoms with E-state index in [9.17, 15) is 4.79 Å². The lowest BCUT2D eigenvalue weighted by Crippen LogP contribution is -2.49. The molecule has 25 heavy (non-hydrogen) atoms. The predicted octanol–water partition coefficient (Wildman–Crippen LogP) is 0.737. The Morgan fingerprint density at radius 3 is 2.60 bits per heavy atom. The zero-order valence-electron chi connectivity index (χ0n) is 15.2. The van der Waals surface area contributed by atoms with Gasteiger partial charge in [0.2, 0.25) is 11.8 Å². The molecule has 2 aromatic rings. The van der Waals surface area contributed by atoms with Crippen molar-refractivity contribution in [3.63, 3.8) is 0 Å². The number of rotatable bonds is 5. The summed E-state index contributed by atoms with van der Waals surface area (Å²) in [7, 11) is 1.82. The van der Waals surface area contributed by atoms with Crippen LogP contribution in [0.3, 0.4) is 0 Å². The molecule has 0 radical (unpaired) electrons. The lowest BCUT2D eigenvalue weighted by molar-refractivity contribution is -0.117. The molecular weight excluding hydrogens is 322 g/mol. The Morgan fingerprint density at radius 2 is 2.04 bits per heavy atom. The van der Waals surface area contributed by atoms with E-state index in [0.29, 0.717) is 18.3 Å². The summed E-state index contributed by atoms with van der Waals surface area (Å²) in [5, 5.41) is 11.0. The molecule has 0 spiro atoms. The highest BCUT2D eigenvalue weighted by atomic mass is 16.5. The molecule has 1 saturated heterocycles. The van der Waals surface area contributed by atoms with Crippen molar-refractivity contribution >= 4 is 11.7 Å². The molecule has 2 aromatic heterocycles. The molecule has 1 atom stereocenters. The molecule has 3 heterocycles. The minimum atomic E-state index is -0.0166. The standard InChI is InChI=1S/C16H25N7O2/c1-11-9-14(21(4)19-11)18-15(24)10-22-5-7-23(8-6-22)12(2)16-17-13(3)20-25-16/h9,12H,5-8,10H2,1-4H3,(H,18,24)/t12-/m0/s1. The number of amides is 1. The van der Waals surface area contributed by atoms with E-state index in [-0.39, 0.29) is 11.9 Å². The zero-order valence-corrected chi connectivity index (χ0v) is 15.2. The molecule has 0 aromatic carbocycles. The van der Waals surface area contributed by atoms with Crippen molar-refractivity contribution < 1.29 is 9.32 Å². The van der Waals surface area contributed by atoms with Gasteiger partial charge in [-0.15, -0.1) is 0 Å². The van der Waals surface area contributed by atoms with Crippen LogP contribution in [0.1, 0.15) is 30.4 Å². The van der Waals surface area contributed by atoms with E-state index in [2.05, 4.69) is 37.3 Å². The second-order valence-electron chi connectivity index (χ2n) is 6.51. The average molecular weight is 347 g/mol. The first kappa shape index (κ1) is 17.6. The number of aryl methyl sites for hydroxylation is 3. The summed E-state index contributed by atoms with van der Waals surface area (Å²) in [6, 6.07) is 1.96. The SMILES string of the molecule is Cc1cc(NC(=O)CN2CCN([C@@H](C)c3nc(C)no3)CC2)n(C)n1. The average Bonchev–Trinajstić information content (AvgIpc) is 3.13. The molecule has 0 bridgehead atoms. The van der Waals surface area contributed by atoms with Gasteiger partial charge in [0.25, 0.3) is 0 Å². The lowest BCUT2D eigenvalue weighted by Gasteiger charge is -2.36. The highest BCUT2D eigenvalue weighted by Gasteiger charge is 2.26. The van der Waals surface area contributed by atoms with Gasteiger partial charge in [-0.25, -0.2) is 0 Å². The maximum Gasteiger partial charge on any atom is 0.243 e. The van der Waals surface area contributed by atoms with Crippen LogP contribution in [-0.4, -0.2) is 68.4 Å². The van der Waals surface area contributed by atoms with Gasteiger partial charge in [0.15, 0.2) is 5.82 Å². The number of aromatic nitrogens is 4. The quantitative estimate of drug-likeness (QED) is 0.852. The third-order valence-corrected chi connectivity index (χ3v) is 4.49. The fraction of sp³-hybridized carbons (Fsp3) is 0.625. The third kappa shape index (κ3) is 4.23. The molecule has 0 aliphatic carbocycles. The van der Waals surface area contributed by atoms with E-state index in [1.165, 1.54) is 0 Å². The monoisotopic (exact) mass is 347 g/mol. The maximum absolute atomic E-state index is 12.2. The smallest absolute Gasteiger partial charge is 0.243 e. The Hall–Kier alpha value is -2.26. The van der Waals surface area contributed by atoms with E-state index >= 15 is 0 Å². The van der Waals surface area contributed by atoms with Crippen LogP contribution in [0.4, 0.5) is 5.82 Å². The Labute approximate surface area is 147 Å². The van der Waals surface area contributed by atoms with Gasteiger partial charge in [0.1, 0.15) is 5.82 Å². The normalized spacial score (nSPS) is 17.6. The van der Waals surface area contributed by atoms with E-state index < -0.39 is 0 Å². The van der Waals surface area contributed by atoms with Crippen molar-refractivity contribution in [2.24, 2.45) is 7.05 Å². The van der Waals surface area contributed by atoms with E-state index in [1.54, 1.807) is 4.68 Å². The zero-order chi connectivity index (χ0) is 18.0. The van der Waals surface area contributed by atoms with Crippen LogP contribution in [0.15, 0.2) is 10.6 Å². The van der Waals surface area contributed by atoms with Gasteiger partial charge >= 0.3 is 0 Å². The molecule has 9 heteroatoms. The Bertz CT molecular complexity index is 731. The molecule has 9 nitrogen and oxygen atoms in total. The predicted molar refractivity (Wildman–Crippen MR) is 92.0 cm³/mol. The summed E-state index contributed by atoms with van der Waals surface area (Å²) >= 11 is 0. The van der Waals surface area contributed by atoms with E-state index in [0.717, 1.165) is 37.7 Å². The number of anilines is 1. The minimum absolute atomic E-state index is 0.0166. The van der Waals surface area contributed by atoms with E-state index in [1.807, 2.05) is 27.0 Å². The Kier molecular flexibility index (Phi) is 5.14. The van der Waals surface area contributed by atoms with Crippen LogP contribution in [-0.2, 0) is 11.8 Å². The van der Waals surface area contributed by atoms with Crippen molar-refractivity contribution in [3.8, 4) is 0 Å². The van der Waals surface area contributed by atoms with Gasteiger partial charge in [0.05, 0.1) is 18.3 Å². The molecule has 136 valence electrons. The molecule has 0 unspecified atom stereocenters. The second kappa shape index (κ2) is 7.32. The van der Waals surface area contributed by atoms with Crippen LogP contribution in [0.2, 0.25) is 0 Å². The van der Waals surface area contributed by atoms with Crippen molar-refractivity contribution in [2.45, 2.75) is 26.8 Å². The number of hydrogen-bond donors (Lipinski definition) is 1. The van der Waals surface area contributed by atoms with Gasteiger partial charge in [-0.3, -0.25) is 19.3 Å². The summed E-state index contributed by atoms with van der Waals surface area (Å²) < 4.78 is 6.94. The summed E-state index contributed by atoms with van der Waals surface area (Å²) in [5.41, 5.74) is 0.886. The summed E-state index contributed by atoms with van der Waals surface area (Å²) in [6.07, 6.45) is 0. The van der Waals surface area contributed by atoms with Crippen LogP contribution in [0.25, 0.3) is 0 Å². The number of hydrogen-bond acceptors (Lipinski definition) is 7. The lowest BCUT2D eigenvalue weighted by atomic mass is 10.2.